The van der Waals surface area contributed by atoms with E-state index in [1.54, 1.807) is 25.2 Å². The first-order valence-corrected chi connectivity index (χ1v) is 5.84. The molecule has 0 aliphatic rings. The molecule has 1 rings (SSSR count). The zero-order valence-corrected chi connectivity index (χ0v) is 11.0. The van der Waals surface area contributed by atoms with Gasteiger partial charge < -0.3 is 14.8 Å². The molecule has 6 heteroatoms. The second kappa shape index (κ2) is 7.37. The summed E-state index contributed by atoms with van der Waals surface area (Å²) >= 11 is 0. The fraction of sp³-hybridized carbons (Fsp3) is 0.818. The summed E-state index contributed by atoms with van der Waals surface area (Å²) in [5, 5.41) is 7.46. The number of nitrogens with one attached hydrogen (secondary N) is 1. The molecule has 0 saturated carbocycles. The van der Waals surface area contributed by atoms with Gasteiger partial charge in [-0.05, 0) is 13.0 Å². The molecule has 98 valence electrons. The molecule has 0 fully saturated rings. The second-order valence-electron chi connectivity index (χ2n) is 3.90. The van der Waals surface area contributed by atoms with Crippen LogP contribution in [0.2, 0.25) is 0 Å². The third-order valence-electron chi connectivity index (χ3n) is 2.66. The van der Waals surface area contributed by atoms with E-state index < -0.39 is 0 Å². The van der Waals surface area contributed by atoms with Crippen LogP contribution in [0.25, 0.3) is 0 Å². The average molecular weight is 242 g/mol. The SMILES string of the molecule is CCCNC(Cc1ncnn1C)C(OC)OC. The van der Waals surface area contributed by atoms with Crippen LogP contribution in [0.3, 0.4) is 0 Å². The minimum absolute atomic E-state index is 0.0767. The minimum Gasteiger partial charge on any atom is -0.354 e. The fourth-order valence-corrected chi connectivity index (χ4v) is 1.72. The Morgan fingerprint density at radius 1 is 1.41 bits per heavy atom. The van der Waals surface area contributed by atoms with Crippen molar-refractivity contribution < 1.29 is 9.47 Å². The van der Waals surface area contributed by atoms with E-state index in [9.17, 15) is 0 Å². The summed E-state index contributed by atoms with van der Waals surface area (Å²) in [5.74, 6) is 0.915. The van der Waals surface area contributed by atoms with Crippen molar-refractivity contribution in [3.63, 3.8) is 0 Å². The molecule has 1 aromatic heterocycles. The van der Waals surface area contributed by atoms with Crippen LogP contribution < -0.4 is 5.32 Å². The zero-order valence-electron chi connectivity index (χ0n) is 11.0. The molecule has 0 aromatic carbocycles. The van der Waals surface area contributed by atoms with Crippen LogP contribution >= 0.6 is 0 Å². The Kier molecular flexibility index (Phi) is 6.10. The van der Waals surface area contributed by atoms with Crippen molar-refractivity contribution in [2.45, 2.75) is 32.1 Å². The molecule has 6 nitrogen and oxygen atoms in total. The van der Waals surface area contributed by atoms with E-state index in [2.05, 4.69) is 22.3 Å². The monoisotopic (exact) mass is 242 g/mol. The van der Waals surface area contributed by atoms with E-state index in [1.165, 1.54) is 0 Å². The maximum absolute atomic E-state index is 5.31. The lowest BCUT2D eigenvalue weighted by atomic mass is 10.2. The Hall–Kier alpha value is -0.980. The van der Waals surface area contributed by atoms with Crippen molar-refractivity contribution in [3.05, 3.63) is 12.2 Å². The minimum atomic E-state index is -0.279. The molecule has 1 atom stereocenters. The van der Waals surface area contributed by atoms with Crippen LogP contribution in [-0.4, -0.2) is 47.9 Å². The highest BCUT2D eigenvalue weighted by atomic mass is 16.7. The molecule has 1 N–H and O–H groups in total. The standard InChI is InChI=1S/C11H22N4O2/c1-5-6-12-9(11(16-3)17-4)7-10-13-8-14-15(10)2/h8-9,11-12H,5-7H2,1-4H3. The predicted octanol–water partition coefficient (Wildman–Crippen LogP) is 0.345. The number of hydrogen-bond donors (Lipinski definition) is 1. The van der Waals surface area contributed by atoms with Gasteiger partial charge in [0.05, 0.1) is 6.04 Å². The van der Waals surface area contributed by atoms with Gasteiger partial charge in [0, 0.05) is 27.7 Å². The summed E-state index contributed by atoms with van der Waals surface area (Å²) in [4.78, 5) is 4.22. The van der Waals surface area contributed by atoms with Gasteiger partial charge in [0.2, 0.25) is 0 Å². The molecule has 0 aliphatic heterocycles. The first-order valence-electron chi connectivity index (χ1n) is 5.84. The number of ether oxygens (including phenoxy) is 2. The number of aryl methyl sites for hydroxylation is 1. The molecule has 1 aromatic rings. The lowest BCUT2D eigenvalue weighted by molar-refractivity contribution is -0.122. The van der Waals surface area contributed by atoms with Crippen LogP contribution in [0.5, 0.6) is 0 Å². The Morgan fingerprint density at radius 3 is 2.59 bits per heavy atom. The number of nitrogens with zero attached hydrogens (tertiary/aromatic N) is 3. The largest absolute Gasteiger partial charge is 0.354 e. The van der Waals surface area contributed by atoms with Gasteiger partial charge >= 0.3 is 0 Å². The van der Waals surface area contributed by atoms with E-state index in [-0.39, 0.29) is 12.3 Å². The Morgan fingerprint density at radius 2 is 2.12 bits per heavy atom. The first-order chi connectivity index (χ1) is 8.22. The number of methoxy groups -OCH3 is 2. The Bertz CT molecular complexity index is 312. The summed E-state index contributed by atoms with van der Waals surface area (Å²) in [6, 6.07) is 0.0767. The summed E-state index contributed by atoms with van der Waals surface area (Å²) in [6.07, 6.45) is 3.07. The van der Waals surface area contributed by atoms with E-state index in [4.69, 9.17) is 9.47 Å². The molecule has 1 heterocycles. The van der Waals surface area contributed by atoms with Crippen LogP contribution in [0, 0.1) is 0 Å². The van der Waals surface area contributed by atoms with Crippen molar-refractivity contribution in [2.24, 2.45) is 7.05 Å². The number of hydrogen-bond acceptors (Lipinski definition) is 5. The summed E-state index contributed by atoms with van der Waals surface area (Å²) < 4.78 is 12.4. The Balaban J connectivity index is 2.65. The van der Waals surface area contributed by atoms with Crippen LogP contribution in [-0.2, 0) is 22.9 Å². The summed E-state index contributed by atoms with van der Waals surface area (Å²) in [5.41, 5.74) is 0. The molecule has 0 aliphatic carbocycles. The lowest BCUT2D eigenvalue weighted by Gasteiger charge is -2.25. The molecular weight excluding hydrogens is 220 g/mol. The smallest absolute Gasteiger partial charge is 0.172 e. The first kappa shape index (κ1) is 14.1. The van der Waals surface area contributed by atoms with Gasteiger partial charge in [-0.1, -0.05) is 6.92 Å². The van der Waals surface area contributed by atoms with E-state index >= 15 is 0 Å². The maximum atomic E-state index is 5.31. The van der Waals surface area contributed by atoms with Gasteiger partial charge in [-0.15, -0.1) is 0 Å². The third-order valence-corrected chi connectivity index (χ3v) is 2.66. The van der Waals surface area contributed by atoms with Crippen LogP contribution in [0.1, 0.15) is 19.2 Å². The highest BCUT2D eigenvalue weighted by Gasteiger charge is 2.22. The van der Waals surface area contributed by atoms with Gasteiger partial charge in [0.1, 0.15) is 12.2 Å². The van der Waals surface area contributed by atoms with Crippen LogP contribution in [0.15, 0.2) is 6.33 Å². The van der Waals surface area contributed by atoms with E-state index in [0.29, 0.717) is 0 Å². The third kappa shape index (κ3) is 4.07. The van der Waals surface area contributed by atoms with Crippen molar-refractivity contribution in [1.29, 1.82) is 0 Å². The quantitative estimate of drug-likeness (QED) is 0.666. The van der Waals surface area contributed by atoms with Crippen molar-refractivity contribution >= 4 is 0 Å². The summed E-state index contributed by atoms with van der Waals surface area (Å²) in [6.45, 7) is 3.05. The molecule has 0 bridgehead atoms. The highest BCUT2D eigenvalue weighted by molar-refractivity contribution is 4.90. The molecule has 0 spiro atoms. The zero-order chi connectivity index (χ0) is 12.7. The van der Waals surface area contributed by atoms with Gasteiger partial charge in [-0.2, -0.15) is 5.10 Å². The van der Waals surface area contributed by atoms with E-state index in [1.807, 2.05) is 7.05 Å². The maximum Gasteiger partial charge on any atom is 0.172 e. The van der Waals surface area contributed by atoms with Crippen molar-refractivity contribution in [1.82, 2.24) is 20.1 Å². The molecular formula is C11H22N4O2. The van der Waals surface area contributed by atoms with Crippen molar-refractivity contribution in [2.75, 3.05) is 20.8 Å². The van der Waals surface area contributed by atoms with Crippen molar-refractivity contribution in [3.8, 4) is 0 Å². The Labute approximate surface area is 102 Å². The topological polar surface area (TPSA) is 61.2 Å². The molecule has 0 amide bonds. The molecule has 1 unspecified atom stereocenters. The summed E-state index contributed by atoms with van der Waals surface area (Å²) in [7, 11) is 5.17. The van der Waals surface area contributed by atoms with Gasteiger partial charge in [0.25, 0.3) is 0 Å². The normalized spacial score (nSPS) is 13.2. The molecule has 0 radical (unpaired) electrons. The van der Waals surface area contributed by atoms with Gasteiger partial charge in [0.15, 0.2) is 6.29 Å². The van der Waals surface area contributed by atoms with Gasteiger partial charge in [-0.3, -0.25) is 4.68 Å². The van der Waals surface area contributed by atoms with Crippen LogP contribution in [0.4, 0.5) is 0 Å². The second-order valence-corrected chi connectivity index (χ2v) is 3.90. The van der Waals surface area contributed by atoms with E-state index in [0.717, 1.165) is 25.2 Å². The lowest BCUT2D eigenvalue weighted by Crippen LogP contribution is -2.44. The number of rotatable bonds is 8. The molecule has 0 saturated heterocycles. The number of aromatic nitrogens is 3. The predicted molar refractivity (Wildman–Crippen MR) is 64.6 cm³/mol. The average Bonchev–Trinajstić information content (AvgIpc) is 2.73. The fourth-order valence-electron chi connectivity index (χ4n) is 1.72. The van der Waals surface area contributed by atoms with Gasteiger partial charge in [-0.25, -0.2) is 4.98 Å². The highest BCUT2D eigenvalue weighted by Crippen LogP contribution is 2.06. The molecule has 17 heavy (non-hydrogen) atoms.